The van der Waals surface area contributed by atoms with Gasteiger partial charge in [-0.2, -0.15) is 5.10 Å². The number of hydrogen-bond acceptors (Lipinski definition) is 3. The van der Waals surface area contributed by atoms with Crippen molar-refractivity contribution in [2.75, 3.05) is 13.1 Å². The topological polar surface area (TPSA) is 86.3 Å². The number of carbonyl (C=O) groups is 2. The molecule has 18 heavy (non-hydrogen) atoms. The van der Waals surface area contributed by atoms with E-state index in [-0.39, 0.29) is 18.4 Å². The molecule has 2 N–H and O–H groups in total. The molecule has 0 spiro atoms. The minimum atomic E-state index is -0.839. The van der Waals surface area contributed by atoms with Gasteiger partial charge in [0.25, 0.3) is 5.91 Å². The van der Waals surface area contributed by atoms with Gasteiger partial charge in [0.2, 0.25) is 0 Å². The van der Waals surface area contributed by atoms with Crippen LogP contribution in [0.15, 0.2) is 6.07 Å². The van der Waals surface area contributed by atoms with E-state index < -0.39 is 11.9 Å². The lowest BCUT2D eigenvalue weighted by atomic mass is 9.99. The van der Waals surface area contributed by atoms with Crippen molar-refractivity contribution in [3.05, 3.63) is 17.5 Å². The second kappa shape index (κ2) is 4.80. The Labute approximate surface area is 105 Å². The van der Waals surface area contributed by atoms with Crippen LogP contribution in [0.5, 0.6) is 0 Å². The first-order valence-electron chi connectivity index (χ1n) is 6.09. The zero-order valence-corrected chi connectivity index (χ0v) is 10.5. The Hall–Kier alpha value is -1.85. The van der Waals surface area contributed by atoms with Crippen molar-refractivity contribution in [1.82, 2.24) is 15.1 Å². The van der Waals surface area contributed by atoms with Gasteiger partial charge in [0.05, 0.1) is 5.92 Å². The van der Waals surface area contributed by atoms with E-state index in [1.807, 2.05) is 13.8 Å². The summed E-state index contributed by atoms with van der Waals surface area (Å²) >= 11 is 0. The second-order valence-electron chi connectivity index (χ2n) is 4.76. The van der Waals surface area contributed by atoms with Gasteiger partial charge in [-0.05, 0) is 18.4 Å². The van der Waals surface area contributed by atoms with Crippen molar-refractivity contribution in [1.29, 1.82) is 0 Å². The molecule has 6 heteroatoms. The molecular formula is C12H17N3O3. The number of aromatic nitrogens is 2. The second-order valence-corrected chi connectivity index (χ2v) is 4.76. The number of likely N-dealkylation sites (tertiary alicyclic amines) is 1. The van der Waals surface area contributed by atoms with Gasteiger partial charge in [0, 0.05) is 18.8 Å². The van der Waals surface area contributed by atoms with Crippen molar-refractivity contribution in [3.8, 4) is 0 Å². The molecule has 1 aromatic heterocycles. The van der Waals surface area contributed by atoms with Crippen LogP contribution in [-0.2, 0) is 11.2 Å². The molecule has 2 atom stereocenters. The molecule has 1 aliphatic rings. The molecule has 2 rings (SSSR count). The lowest BCUT2D eigenvalue weighted by Crippen LogP contribution is -2.30. The monoisotopic (exact) mass is 251 g/mol. The van der Waals surface area contributed by atoms with Crippen molar-refractivity contribution in [2.45, 2.75) is 20.3 Å². The van der Waals surface area contributed by atoms with Gasteiger partial charge < -0.3 is 10.0 Å². The highest BCUT2D eigenvalue weighted by atomic mass is 16.4. The minimum Gasteiger partial charge on any atom is -0.481 e. The number of amides is 1. The molecule has 1 saturated heterocycles. The van der Waals surface area contributed by atoms with Crippen LogP contribution in [0, 0.1) is 11.8 Å². The number of rotatable bonds is 3. The van der Waals surface area contributed by atoms with Gasteiger partial charge in [0.1, 0.15) is 5.69 Å². The fourth-order valence-electron chi connectivity index (χ4n) is 2.27. The number of aryl methyl sites for hydroxylation is 1. The summed E-state index contributed by atoms with van der Waals surface area (Å²) in [6.45, 7) is 4.57. The van der Waals surface area contributed by atoms with Crippen molar-refractivity contribution < 1.29 is 14.7 Å². The summed E-state index contributed by atoms with van der Waals surface area (Å²) in [7, 11) is 0. The Balaban J connectivity index is 2.09. The minimum absolute atomic E-state index is 0.0176. The van der Waals surface area contributed by atoms with Gasteiger partial charge in [-0.3, -0.25) is 14.7 Å². The maximum absolute atomic E-state index is 12.1. The highest BCUT2D eigenvalue weighted by Crippen LogP contribution is 2.24. The third-order valence-corrected chi connectivity index (χ3v) is 3.45. The third kappa shape index (κ3) is 2.23. The van der Waals surface area contributed by atoms with E-state index in [9.17, 15) is 9.59 Å². The van der Waals surface area contributed by atoms with E-state index in [1.165, 1.54) is 0 Å². The van der Waals surface area contributed by atoms with Crippen LogP contribution in [0.2, 0.25) is 0 Å². The van der Waals surface area contributed by atoms with Gasteiger partial charge >= 0.3 is 5.97 Å². The molecule has 1 fully saturated rings. The van der Waals surface area contributed by atoms with Crippen molar-refractivity contribution >= 4 is 11.9 Å². The highest BCUT2D eigenvalue weighted by molar-refractivity contribution is 5.93. The zero-order valence-electron chi connectivity index (χ0n) is 10.5. The Bertz CT molecular complexity index is 469. The number of carbonyl (C=O) groups excluding carboxylic acids is 1. The first-order chi connectivity index (χ1) is 8.52. The van der Waals surface area contributed by atoms with Crippen LogP contribution >= 0.6 is 0 Å². The molecule has 1 aromatic rings. The largest absolute Gasteiger partial charge is 0.481 e. The molecular weight excluding hydrogens is 234 g/mol. The Morgan fingerprint density at radius 2 is 2.28 bits per heavy atom. The molecule has 0 aliphatic carbocycles. The fraction of sp³-hybridized carbons (Fsp3) is 0.583. The van der Waals surface area contributed by atoms with E-state index in [1.54, 1.807) is 11.0 Å². The first-order valence-corrected chi connectivity index (χ1v) is 6.09. The van der Waals surface area contributed by atoms with Gasteiger partial charge in [-0.25, -0.2) is 0 Å². The summed E-state index contributed by atoms with van der Waals surface area (Å²) in [5.41, 5.74) is 1.27. The summed E-state index contributed by atoms with van der Waals surface area (Å²) in [5, 5.41) is 15.8. The summed E-state index contributed by atoms with van der Waals surface area (Å²) in [4.78, 5) is 24.7. The predicted octanol–water partition coefficient (Wildman–Crippen LogP) is 0.765. The van der Waals surface area contributed by atoms with Crippen LogP contribution in [0.4, 0.5) is 0 Å². The molecule has 98 valence electrons. The summed E-state index contributed by atoms with van der Waals surface area (Å²) in [5.74, 6) is -1.52. The SMILES string of the molecule is CCc1cc(C(=O)N2C[C@@H](C)[C@H](C(=O)O)C2)n[nH]1. The number of H-pyrrole nitrogens is 1. The Kier molecular flexibility index (Phi) is 3.36. The Morgan fingerprint density at radius 3 is 2.78 bits per heavy atom. The fourth-order valence-corrected chi connectivity index (χ4v) is 2.27. The van der Waals surface area contributed by atoms with Crippen molar-refractivity contribution in [2.24, 2.45) is 11.8 Å². The van der Waals surface area contributed by atoms with Gasteiger partial charge in [-0.1, -0.05) is 13.8 Å². The normalized spacial score (nSPS) is 23.3. The van der Waals surface area contributed by atoms with Crippen LogP contribution < -0.4 is 0 Å². The van der Waals surface area contributed by atoms with Crippen LogP contribution in [0.25, 0.3) is 0 Å². The average Bonchev–Trinajstić information content (AvgIpc) is 2.94. The van der Waals surface area contributed by atoms with Gasteiger partial charge in [0.15, 0.2) is 0 Å². The van der Waals surface area contributed by atoms with Gasteiger partial charge in [-0.15, -0.1) is 0 Å². The molecule has 1 aliphatic heterocycles. The summed E-state index contributed by atoms with van der Waals surface area (Å²) in [6.07, 6.45) is 0.786. The number of hydrogen-bond donors (Lipinski definition) is 2. The molecule has 0 bridgehead atoms. The number of nitrogens with zero attached hydrogens (tertiary/aromatic N) is 2. The summed E-state index contributed by atoms with van der Waals surface area (Å²) < 4.78 is 0. The Morgan fingerprint density at radius 1 is 1.56 bits per heavy atom. The molecule has 0 aromatic carbocycles. The molecule has 0 unspecified atom stereocenters. The maximum Gasteiger partial charge on any atom is 0.308 e. The number of aromatic amines is 1. The lowest BCUT2D eigenvalue weighted by molar-refractivity contribution is -0.142. The van der Waals surface area contributed by atoms with E-state index in [0.717, 1.165) is 12.1 Å². The smallest absolute Gasteiger partial charge is 0.308 e. The number of carboxylic acids is 1. The van der Waals surface area contributed by atoms with Crippen molar-refractivity contribution in [3.63, 3.8) is 0 Å². The molecule has 2 heterocycles. The zero-order chi connectivity index (χ0) is 13.3. The standard InChI is InChI=1S/C12H17N3O3/c1-3-8-4-10(14-13-8)11(16)15-5-7(2)9(6-15)12(17)18/h4,7,9H,3,5-6H2,1-2H3,(H,13,14)(H,17,18)/t7-,9-/m1/s1. The third-order valence-electron chi connectivity index (χ3n) is 3.45. The molecule has 0 radical (unpaired) electrons. The van der Waals surface area contributed by atoms with Crippen LogP contribution in [-0.4, -0.2) is 45.2 Å². The first kappa shape index (κ1) is 12.6. The van der Waals surface area contributed by atoms with E-state index in [2.05, 4.69) is 10.2 Å². The number of aliphatic carboxylic acids is 1. The predicted molar refractivity (Wildman–Crippen MR) is 64.2 cm³/mol. The average molecular weight is 251 g/mol. The quantitative estimate of drug-likeness (QED) is 0.830. The van der Waals surface area contributed by atoms with E-state index in [4.69, 9.17) is 5.11 Å². The highest BCUT2D eigenvalue weighted by Gasteiger charge is 2.37. The van der Waals surface area contributed by atoms with Crippen LogP contribution in [0.3, 0.4) is 0 Å². The van der Waals surface area contributed by atoms with Crippen LogP contribution in [0.1, 0.15) is 30.0 Å². The summed E-state index contributed by atoms with van der Waals surface area (Å²) in [6, 6.07) is 1.72. The lowest BCUT2D eigenvalue weighted by Gasteiger charge is -2.13. The molecule has 0 saturated carbocycles. The maximum atomic E-state index is 12.1. The number of nitrogens with one attached hydrogen (secondary N) is 1. The molecule has 1 amide bonds. The van der Waals surface area contributed by atoms with E-state index in [0.29, 0.717) is 12.2 Å². The number of carboxylic acid groups (broad SMARTS) is 1. The molecule has 6 nitrogen and oxygen atoms in total. The van der Waals surface area contributed by atoms with E-state index >= 15 is 0 Å².